The van der Waals surface area contributed by atoms with Crippen LogP contribution in [0, 0.1) is 17.1 Å². The third-order valence-corrected chi connectivity index (χ3v) is 2.58. The van der Waals surface area contributed by atoms with Crippen LogP contribution in [0.5, 0.6) is 0 Å². The lowest BCUT2D eigenvalue weighted by molar-refractivity contribution is 0.637. The molecule has 0 fully saturated rings. The van der Waals surface area contributed by atoms with Gasteiger partial charge in [-0.3, -0.25) is 0 Å². The van der Waals surface area contributed by atoms with Crippen LogP contribution in [0.4, 0.5) is 10.2 Å². The van der Waals surface area contributed by atoms with Gasteiger partial charge in [0.15, 0.2) is 5.82 Å². The highest BCUT2D eigenvalue weighted by Gasteiger charge is 2.12. The average Bonchev–Trinajstić information content (AvgIpc) is 2.26. The Morgan fingerprint density at radius 3 is 2.65 bits per heavy atom. The topological polar surface area (TPSA) is 39.9 Å². The molecule has 0 atom stereocenters. The molecule has 2 aromatic rings. The lowest BCUT2D eigenvalue weighted by Crippen LogP contribution is -2.12. The molecule has 1 aromatic heterocycles. The van der Waals surface area contributed by atoms with Crippen LogP contribution in [0.3, 0.4) is 0 Å². The molecule has 0 bridgehead atoms. The molecule has 0 saturated heterocycles. The van der Waals surface area contributed by atoms with Crippen molar-refractivity contribution in [2.45, 2.75) is 0 Å². The summed E-state index contributed by atoms with van der Waals surface area (Å²) in [5.74, 6) is -0.0405. The first-order valence-electron chi connectivity index (χ1n) is 4.90. The number of fused-ring (bicyclic) bond motifs is 1. The van der Waals surface area contributed by atoms with E-state index < -0.39 is 5.82 Å². The Kier molecular flexibility index (Phi) is 2.86. The average molecular weight is 250 g/mol. The zero-order valence-corrected chi connectivity index (χ0v) is 10.1. The van der Waals surface area contributed by atoms with E-state index in [2.05, 4.69) is 4.98 Å². The molecular formula is C12H9ClFN3. The molecule has 86 valence electrons. The summed E-state index contributed by atoms with van der Waals surface area (Å²) in [7, 11) is 3.51. The fourth-order valence-corrected chi connectivity index (χ4v) is 1.84. The van der Waals surface area contributed by atoms with Crippen molar-refractivity contribution in [1.29, 1.82) is 5.26 Å². The molecule has 0 aliphatic carbocycles. The highest BCUT2D eigenvalue weighted by Crippen LogP contribution is 2.26. The van der Waals surface area contributed by atoms with Crippen molar-refractivity contribution < 1.29 is 4.39 Å². The van der Waals surface area contributed by atoms with Crippen LogP contribution in [0.2, 0.25) is 5.02 Å². The second-order valence-corrected chi connectivity index (χ2v) is 4.26. The summed E-state index contributed by atoms with van der Waals surface area (Å²) in [6.07, 6.45) is 0. The third kappa shape index (κ3) is 2.02. The maximum absolute atomic E-state index is 13.7. The molecule has 0 amide bonds. The molecule has 0 unspecified atom stereocenters. The summed E-state index contributed by atoms with van der Waals surface area (Å²) in [6, 6.07) is 6.43. The zero-order valence-electron chi connectivity index (χ0n) is 9.33. The van der Waals surface area contributed by atoms with E-state index in [1.807, 2.05) is 6.07 Å². The van der Waals surface area contributed by atoms with Crippen molar-refractivity contribution in [3.05, 3.63) is 34.6 Å². The smallest absolute Gasteiger partial charge is 0.150 e. The molecule has 0 aliphatic heterocycles. The standard InChI is InChI=1S/C12H9ClFN3/c1-17(2)12-8(6-15)3-7-4-9(13)5-10(14)11(7)16-12/h3-5H,1-2H3. The maximum Gasteiger partial charge on any atom is 0.150 e. The van der Waals surface area contributed by atoms with Gasteiger partial charge in [-0.15, -0.1) is 0 Å². The van der Waals surface area contributed by atoms with E-state index in [0.717, 1.165) is 0 Å². The van der Waals surface area contributed by atoms with Crippen LogP contribution in [0.1, 0.15) is 5.56 Å². The summed E-state index contributed by atoms with van der Waals surface area (Å²) in [6.45, 7) is 0. The Morgan fingerprint density at radius 1 is 1.35 bits per heavy atom. The van der Waals surface area contributed by atoms with Crippen LogP contribution >= 0.6 is 11.6 Å². The first-order valence-corrected chi connectivity index (χ1v) is 5.28. The second-order valence-electron chi connectivity index (χ2n) is 3.83. The fraction of sp³-hybridized carbons (Fsp3) is 0.167. The van der Waals surface area contributed by atoms with Crippen molar-refractivity contribution in [2.75, 3.05) is 19.0 Å². The Hall–Kier alpha value is -1.86. The number of anilines is 1. The SMILES string of the molecule is CN(C)c1nc2c(F)cc(Cl)cc2cc1C#N. The van der Waals surface area contributed by atoms with Crippen molar-refractivity contribution in [2.24, 2.45) is 0 Å². The summed E-state index contributed by atoms with van der Waals surface area (Å²) >= 11 is 5.76. The Bertz CT molecular complexity index is 632. The van der Waals surface area contributed by atoms with Gasteiger partial charge in [0.1, 0.15) is 17.4 Å². The molecule has 5 heteroatoms. The summed E-state index contributed by atoms with van der Waals surface area (Å²) in [5, 5.41) is 9.84. The highest BCUT2D eigenvalue weighted by molar-refractivity contribution is 6.31. The Balaban J connectivity index is 2.84. The predicted octanol–water partition coefficient (Wildman–Crippen LogP) is 2.96. The Labute approximate surface area is 103 Å². The van der Waals surface area contributed by atoms with E-state index in [1.54, 1.807) is 31.1 Å². The molecule has 2 rings (SSSR count). The molecule has 3 nitrogen and oxygen atoms in total. The number of aromatic nitrogens is 1. The van der Waals surface area contributed by atoms with Gasteiger partial charge in [-0.05, 0) is 18.2 Å². The minimum Gasteiger partial charge on any atom is -0.362 e. The lowest BCUT2D eigenvalue weighted by Gasteiger charge is -2.14. The monoisotopic (exact) mass is 249 g/mol. The van der Waals surface area contributed by atoms with Gasteiger partial charge in [-0.1, -0.05) is 11.6 Å². The van der Waals surface area contributed by atoms with E-state index in [1.165, 1.54) is 6.07 Å². The van der Waals surface area contributed by atoms with Crippen LogP contribution in [0.25, 0.3) is 10.9 Å². The summed E-state index contributed by atoms with van der Waals surface area (Å²) < 4.78 is 13.7. The highest BCUT2D eigenvalue weighted by atomic mass is 35.5. The first-order chi connectivity index (χ1) is 8.02. The summed E-state index contributed by atoms with van der Waals surface area (Å²) in [4.78, 5) is 5.83. The minimum absolute atomic E-state index is 0.220. The van der Waals surface area contributed by atoms with Crippen molar-refractivity contribution in [1.82, 2.24) is 4.98 Å². The van der Waals surface area contributed by atoms with Crippen LogP contribution in [0.15, 0.2) is 18.2 Å². The largest absolute Gasteiger partial charge is 0.362 e. The maximum atomic E-state index is 13.7. The van der Waals surface area contributed by atoms with Crippen LogP contribution < -0.4 is 4.90 Å². The second kappa shape index (κ2) is 4.19. The van der Waals surface area contributed by atoms with Crippen molar-refractivity contribution in [3.63, 3.8) is 0 Å². The fourth-order valence-electron chi connectivity index (χ4n) is 1.62. The Morgan fingerprint density at radius 2 is 2.06 bits per heavy atom. The van der Waals surface area contributed by atoms with Gasteiger partial charge in [0.05, 0.1) is 5.56 Å². The normalized spacial score (nSPS) is 10.3. The van der Waals surface area contributed by atoms with Crippen molar-refractivity contribution >= 4 is 28.3 Å². The van der Waals surface area contributed by atoms with Crippen LogP contribution in [-0.4, -0.2) is 19.1 Å². The summed E-state index contributed by atoms with van der Waals surface area (Å²) in [5.41, 5.74) is 0.612. The molecule has 0 N–H and O–H groups in total. The quantitative estimate of drug-likeness (QED) is 0.780. The molecular weight excluding hydrogens is 241 g/mol. The van der Waals surface area contributed by atoms with E-state index in [0.29, 0.717) is 21.8 Å². The van der Waals surface area contributed by atoms with Gasteiger partial charge in [-0.25, -0.2) is 9.37 Å². The van der Waals surface area contributed by atoms with Gasteiger partial charge in [0.25, 0.3) is 0 Å². The number of hydrogen-bond acceptors (Lipinski definition) is 3. The van der Waals surface area contributed by atoms with E-state index in [9.17, 15) is 4.39 Å². The molecule has 0 spiro atoms. The van der Waals surface area contributed by atoms with Gasteiger partial charge in [-0.2, -0.15) is 5.26 Å². The van der Waals surface area contributed by atoms with E-state index >= 15 is 0 Å². The van der Waals surface area contributed by atoms with Crippen molar-refractivity contribution in [3.8, 4) is 6.07 Å². The first kappa shape index (κ1) is 11.6. The molecule has 0 saturated carbocycles. The number of halogens is 2. The number of nitriles is 1. The van der Waals surface area contributed by atoms with E-state index in [4.69, 9.17) is 16.9 Å². The number of nitrogens with zero attached hydrogens (tertiary/aromatic N) is 3. The zero-order chi connectivity index (χ0) is 12.6. The number of benzene rings is 1. The molecule has 17 heavy (non-hydrogen) atoms. The van der Waals surface area contributed by atoms with Gasteiger partial charge < -0.3 is 4.90 Å². The van der Waals surface area contributed by atoms with E-state index in [-0.39, 0.29) is 5.52 Å². The van der Waals surface area contributed by atoms with Gasteiger partial charge in [0, 0.05) is 24.5 Å². The number of hydrogen-bond donors (Lipinski definition) is 0. The predicted molar refractivity (Wildman–Crippen MR) is 65.8 cm³/mol. The van der Waals surface area contributed by atoms with Crippen LogP contribution in [-0.2, 0) is 0 Å². The third-order valence-electron chi connectivity index (χ3n) is 2.36. The lowest BCUT2D eigenvalue weighted by atomic mass is 10.1. The molecule has 0 radical (unpaired) electrons. The molecule has 1 heterocycles. The minimum atomic E-state index is -0.486. The van der Waals surface area contributed by atoms with Gasteiger partial charge >= 0.3 is 0 Å². The number of rotatable bonds is 1. The van der Waals surface area contributed by atoms with Gasteiger partial charge in [0.2, 0.25) is 0 Å². The number of pyridine rings is 1. The molecule has 0 aliphatic rings. The molecule has 1 aromatic carbocycles.